The van der Waals surface area contributed by atoms with Crippen molar-refractivity contribution in [3.63, 3.8) is 0 Å². The second-order valence-electron chi connectivity index (χ2n) is 4.38. The summed E-state index contributed by atoms with van der Waals surface area (Å²) in [6.07, 6.45) is 2.08. The molecule has 0 saturated carbocycles. The Balaban J connectivity index is 1.92. The van der Waals surface area contributed by atoms with Crippen LogP contribution in [-0.4, -0.2) is 30.9 Å². The lowest BCUT2D eigenvalue weighted by Gasteiger charge is -2.22. The van der Waals surface area contributed by atoms with Crippen molar-refractivity contribution < 1.29 is 14.7 Å². The molecule has 1 aromatic carbocycles. The van der Waals surface area contributed by atoms with Crippen LogP contribution in [0.15, 0.2) is 29.4 Å². The molecule has 0 radical (unpaired) electrons. The van der Waals surface area contributed by atoms with E-state index in [-0.39, 0.29) is 5.84 Å². The number of oxime groups is 1. The van der Waals surface area contributed by atoms with Crippen LogP contribution in [-0.2, 0) is 4.74 Å². The molecule has 0 atom stereocenters. The first-order valence-electron chi connectivity index (χ1n) is 6.08. The highest BCUT2D eigenvalue weighted by atomic mass is 16.5. The van der Waals surface area contributed by atoms with Crippen LogP contribution in [0, 0.1) is 5.92 Å². The summed E-state index contributed by atoms with van der Waals surface area (Å²) in [6.45, 7) is 2.32. The molecule has 1 fully saturated rings. The molecule has 0 amide bonds. The topological polar surface area (TPSA) is 77.1 Å². The van der Waals surface area contributed by atoms with Gasteiger partial charge >= 0.3 is 0 Å². The highest BCUT2D eigenvalue weighted by Gasteiger charge is 2.14. The third kappa shape index (κ3) is 3.37. The van der Waals surface area contributed by atoms with E-state index in [4.69, 9.17) is 20.4 Å². The van der Waals surface area contributed by atoms with Gasteiger partial charge in [-0.1, -0.05) is 17.3 Å². The van der Waals surface area contributed by atoms with Gasteiger partial charge in [0, 0.05) is 18.8 Å². The predicted octanol–water partition coefficient (Wildman–Crippen LogP) is 1.59. The van der Waals surface area contributed by atoms with Crippen LogP contribution in [0.4, 0.5) is 0 Å². The minimum atomic E-state index is 0.0894. The molecule has 18 heavy (non-hydrogen) atoms. The van der Waals surface area contributed by atoms with Crippen molar-refractivity contribution in [1.29, 1.82) is 0 Å². The summed E-state index contributed by atoms with van der Waals surface area (Å²) in [4.78, 5) is 0. The van der Waals surface area contributed by atoms with E-state index in [1.807, 2.05) is 12.1 Å². The van der Waals surface area contributed by atoms with Crippen molar-refractivity contribution in [3.8, 4) is 5.75 Å². The van der Waals surface area contributed by atoms with E-state index in [2.05, 4.69) is 5.16 Å². The Kier molecular flexibility index (Phi) is 4.41. The standard InChI is InChI=1S/C13H18N2O3/c14-13(15-16)11-2-1-3-12(8-11)18-9-10-4-6-17-7-5-10/h1-3,8,10,16H,4-7,9H2,(H2,14,15). The van der Waals surface area contributed by atoms with E-state index in [1.54, 1.807) is 12.1 Å². The van der Waals surface area contributed by atoms with Crippen molar-refractivity contribution >= 4 is 5.84 Å². The average Bonchev–Trinajstić information content (AvgIpc) is 2.45. The fraction of sp³-hybridized carbons (Fsp3) is 0.462. The Hall–Kier alpha value is -1.75. The number of benzene rings is 1. The molecule has 5 nitrogen and oxygen atoms in total. The zero-order chi connectivity index (χ0) is 12.8. The van der Waals surface area contributed by atoms with Crippen molar-refractivity contribution in [3.05, 3.63) is 29.8 Å². The second-order valence-corrected chi connectivity index (χ2v) is 4.38. The fourth-order valence-electron chi connectivity index (χ4n) is 1.93. The van der Waals surface area contributed by atoms with Crippen molar-refractivity contribution in [2.45, 2.75) is 12.8 Å². The van der Waals surface area contributed by atoms with Crippen LogP contribution in [0.2, 0.25) is 0 Å². The molecular weight excluding hydrogens is 232 g/mol. The van der Waals surface area contributed by atoms with E-state index in [1.165, 1.54) is 0 Å². The lowest BCUT2D eigenvalue weighted by molar-refractivity contribution is 0.0497. The van der Waals surface area contributed by atoms with Gasteiger partial charge in [-0.2, -0.15) is 0 Å². The first-order valence-corrected chi connectivity index (χ1v) is 6.08. The second kappa shape index (κ2) is 6.26. The van der Waals surface area contributed by atoms with Gasteiger partial charge < -0.3 is 20.4 Å². The molecule has 5 heteroatoms. The zero-order valence-corrected chi connectivity index (χ0v) is 10.2. The lowest BCUT2D eigenvalue weighted by atomic mass is 10.0. The lowest BCUT2D eigenvalue weighted by Crippen LogP contribution is -2.21. The van der Waals surface area contributed by atoms with E-state index in [9.17, 15) is 0 Å². The first-order chi connectivity index (χ1) is 8.79. The van der Waals surface area contributed by atoms with Gasteiger partial charge in [0.25, 0.3) is 0 Å². The van der Waals surface area contributed by atoms with Crippen LogP contribution >= 0.6 is 0 Å². The Labute approximate surface area is 106 Å². The Morgan fingerprint density at radius 1 is 1.44 bits per heavy atom. The van der Waals surface area contributed by atoms with Crippen molar-refractivity contribution in [2.24, 2.45) is 16.8 Å². The number of ether oxygens (including phenoxy) is 2. The molecule has 98 valence electrons. The summed E-state index contributed by atoms with van der Waals surface area (Å²) in [5, 5.41) is 11.6. The summed E-state index contributed by atoms with van der Waals surface area (Å²) >= 11 is 0. The van der Waals surface area contributed by atoms with Gasteiger partial charge in [0.2, 0.25) is 0 Å². The molecule has 1 aromatic rings. The average molecular weight is 250 g/mol. The maximum absolute atomic E-state index is 8.62. The van der Waals surface area contributed by atoms with Gasteiger partial charge in [0.1, 0.15) is 5.75 Å². The molecular formula is C13H18N2O3. The molecule has 1 saturated heterocycles. The smallest absolute Gasteiger partial charge is 0.170 e. The number of amidine groups is 1. The largest absolute Gasteiger partial charge is 0.493 e. The number of rotatable bonds is 4. The predicted molar refractivity (Wildman–Crippen MR) is 68.0 cm³/mol. The highest BCUT2D eigenvalue weighted by molar-refractivity contribution is 5.97. The molecule has 0 bridgehead atoms. The van der Waals surface area contributed by atoms with Gasteiger partial charge in [0.05, 0.1) is 6.61 Å². The van der Waals surface area contributed by atoms with Crippen molar-refractivity contribution in [2.75, 3.05) is 19.8 Å². The maximum Gasteiger partial charge on any atom is 0.170 e. The fourth-order valence-corrected chi connectivity index (χ4v) is 1.93. The van der Waals surface area contributed by atoms with Gasteiger partial charge in [-0.3, -0.25) is 0 Å². The van der Waals surface area contributed by atoms with E-state index in [0.717, 1.165) is 31.8 Å². The third-order valence-electron chi connectivity index (χ3n) is 3.06. The summed E-state index contributed by atoms with van der Waals surface area (Å²) in [6, 6.07) is 7.24. The minimum Gasteiger partial charge on any atom is -0.493 e. The molecule has 0 spiro atoms. The SMILES string of the molecule is NC(=NO)c1cccc(OCC2CCOCC2)c1. The third-order valence-corrected chi connectivity index (χ3v) is 3.06. The molecule has 3 N–H and O–H groups in total. The molecule has 1 aliphatic heterocycles. The Morgan fingerprint density at radius 3 is 2.94 bits per heavy atom. The summed E-state index contributed by atoms with van der Waals surface area (Å²) in [5.41, 5.74) is 6.18. The van der Waals surface area contributed by atoms with Crippen LogP contribution in [0.25, 0.3) is 0 Å². The highest BCUT2D eigenvalue weighted by Crippen LogP contribution is 2.18. The minimum absolute atomic E-state index is 0.0894. The van der Waals surface area contributed by atoms with E-state index < -0.39 is 0 Å². The first kappa shape index (κ1) is 12.7. The Bertz CT molecular complexity index is 414. The molecule has 0 aromatic heterocycles. The number of nitrogens with two attached hydrogens (primary N) is 1. The molecule has 2 rings (SSSR count). The van der Waals surface area contributed by atoms with Gasteiger partial charge in [-0.25, -0.2) is 0 Å². The molecule has 1 heterocycles. The van der Waals surface area contributed by atoms with E-state index >= 15 is 0 Å². The van der Waals surface area contributed by atoms with Crippen LogP contribution in [0.5, 0.6) is 5.75 Å². The van der Waals surface area contributed by atoms with Gasteiger partial charge in [-0.05, 0) is 30.9 Å². The number of nitrogens with zero attached hydrogens (tertiary/aromatic N) is 1. The summed E-state index contributed by atoms with van der Waals surface area (Å²) < 4.78 is 11.0. The van der Waals surface area contributed by atoms with Crippen molar-refractivity contribution in [1.82, 2.24) is 0 Å². The van der Waals surface area contributed by atoms with Gasteiger partial charge in [-0.15, -0.1) is 0 Å². The monoisotopic (exact) mass is 250 g/mol. The molecule has 0 unspecified atom stereocenters. The Morgan fingerprint density at radius 2 is 2.22 bits per heavy atom. The number of hydrogen-bond acceptors (Lipinski definition) is 4. The van der Waals surface area contributed by atoms with Crippen LogP contribution < -0.4 is 10.5 Å². The summed E-state index contributed by atoms with van der Waals surface area (Å²) in [7, 11) is 0. The van der Waals surface area contributed by atoms with E-state index in [0.29, 0.717) is 18.1 Å². The normalized spacial score (nSPS) is 17.7. The molecule has 0 aliphatic carbocycles. The summed E-state index contributed by atoms with van der Waals surface area (Å²) in [5.74, 6) is 1.38. The maximum atomic E-state index is 8.62. The quantitative estimate of drug-likeness (QED) is 0.368. The zero-order valence-electron chi connectivity index (χ0n) is 10.2. The number of hydrogen-bond donors (Lipinski definition) is 2. The van der Waals surface area contributed by atoms with Crippen LogP contribution in [0.1, 0.15) is 18.4 Å². The van der Waals surface area contributed by atoms with Crippen LogP contribution in [0.3, 0.4) is 0 Å². The van der Waals surface area contributed by atoms with Gasteiger partial charge in [0.15, 0.2) is 5.84 Å². The molecule has 1 aliphatic rings.